The van der Waals surface area contributed by atoms with Crippen LogP contribution >= 0.6 is 0 Å². The SMILES string of the molecule is CC(C)(C)c1ccc2c(c1)C(c1cccc(Oc3cc(-n4cc5c(n4)[C@@H]4CC[C@H]5C4)c(F)cc3F)c1)(c1ccccn1)c1cc(C(C)(C)C)ccc1-2. The van der Waals surface area contributed by atoms with E-state index in [2.05, 4.69) is 90.1 Å². The Bertz CT molecular complexity index is 2290. The maximum absolute atomic E-state index is 15.6. The monoisotopic (exact) mass is 691 g/mol. The lowest BCUT2D eigenvalue weighted by molar-refractivity contribution is 0.435. The third kappa shape index (κ3) is 4.97. The van der Waals surface area contributed by atoms with Gasteiger partial charge in [-0.05, 0) is 105 Å². The van der Waals surface area contributed by atoms with Crippen LogP contribution in [0.15, 0.2) is 103 Å². The number of ether oxygens (including phenoxy) is 1. The summed E-state index contributed by atoms with van der Waals surface area (Å²) in [7, 11) is 0. The number of benzene rings is 4. The van der Waals surface area contributed by atoms with E-state index in [0.717, 1.165) is 64.5 Å². The lowest BCUT2D eigenvalue weighted by atomic mass is 9.68. The van der Waals surface area contributed by atoms with Gasteiger partial charge in [0.25, 0.3) is 0 Å². The number of nitrogens with zero attached hydrogens (tertiary/aromatic N) is 3. The van der Waals surface area contributed by atoms with Gasteiger partial charge >= 0.3 is 0 Å². The molecule has 0 saturated heterocycles. The molecule has 52 heavy (non-hydrogen) atoms. The van der Waals surface area contributed by atoms with Gasteiger partial charge in [-0.2, -0.15) is 5.10 Å². The second kappa shape index (κ2) is 11.4. The summed E-state index contributed by atoms with van der Waals surface area (Å²) in [5.74, 6) is -0.154. The van der Waals surface area contributed by atoms with Crippen molar-refractivity contribution >= 4 is 0 Å². The first-order chi connectivity index (χ1) is 24.8. The zero-order valence-corrected chi connectivity index (χ0v) is 30.6. The van der Waals surface area contributed by atoms with E-state index in [1.54, 1.807) is 4.68 Å². The van der Waals surface area contributed by atoms with Gasteiger partial charge in [-0.3, -0.25) is 4.98 Å². The summed E-state index contributed by atoms with van der Waals surface area (Å²) in [6.45, 7) is 13.4. The smallest absolute Gasteiger partial charge is 0.168 e. The zero-order chi connectivity index (χ0) is 36.2. The summed E-state index contributed by atoms with van der Waals surface area (Å²) < 4.78 is 38.9. The van der Waals surface area contributed by atoms with E-state index >= 15 is 8.78 Å². The average Bonchev–Trinajstić information content (AvgIpc) is 3.89. The summed E-state index contributed by atoms with van der Waals surface area (Å²) in [6, 6.07) is 29.9. The van der Waals surface area contributed by atoms with E-state index < -0.39 is 17.0 Å². The van der Waals surface area contributed by atoms with Crippen LogP contribution in [-0.4, -0.2) is 14.8 Å². The maximum atomic E-state index is 15.6. The van der Waals surface area contributed by atoms with Crippen LogP contribution in [0.3, 0.4) is 0 Å². The van der Waals surface area contributed by atoms with Gasteiger partial charge in [0.2, 0.25) is 0 Å². The molecule has 1 fully saturated rings. The Morgan fingerprint density at radius 2 is 1.42 bits per heavy atom. The molecule has 0 unspecified atom stereocenters. The molecule has 4 aromatic carbocycles. The number of aromatic nitrogens is 3. The molecule has 3 aliphatic rings. The van der Waals surface area contributed by atoms with Crippen molar-refractivity contribution < 1.29 is 13.5 Å². The normalized spacial score (nSPS) is 18.3. The predicted molar refractivity (Wildman–Crippen MR) is 202 cm³/mol. The Kier molecular flexibility index (Phi) is 7.22. The first-order valence-corrected chi connectivity index (χ1v) is 18.4. The van der Waals surface area contributed by atoms with Crippen LogP contribution in [0.2, 0.25) is 0 Å². The highest BCUT2D eigenvalue weighted by Crippen LogP contribution is 2.57. The quantitative estimate of drug-likeness (QED) is 0.180. The van der Waals surface area contributed by atoms with Crippen LogP contribution in [0.1, 0.15) is 117 Å². The number of rotatable bonds is 5. The van der Waals surface area contributed by atoms with Crippen molar-refractivity contribution in [2.75, 3.05) is 0 Å². The van der Waals surface area contributed by atoms with Crippen LogP contribution in [0.5, 0.6) is 11.5 Å². The number of hydrogen-bond donors (Lipinski definition) is 0. The molecule has 9 rings (SSSR count). The fourth-order valence-corrected chi connectivity index (χ4v) is 8.94. The molecule has 3 aliphatic carbocycles. The number of hydrogen-bond acceptors (Lipinski definition) is 3. The first-order valence-electron chi connectivity index (χ1n) is 18.4. The number of halogens is 2. The van der Waals surface area contributed by atoms with E-state index in [9.17, 15) is 0 Å². The van der Waals surface area contributed by atoms with Crippen molar-refractivity contribution in [2.24, 2.45) is 0 Å². The molecule has 2 heterocycles. The van der Waals surface area contributed by atoms with E-state index in [4.69, 9.17) is 14.8 Å². The highest BCUT2D eigenvalue weighted by Gasteiger charge is 2.48. The van der Waals surface area contributed by atoms with Crippen LogP contribution in [0.4, 0.5) is 8.78 Å². The van der Waals surface area contributed by atoms with Crippen LogP contribution in [0, 0.1) is 11.6 Å². The topological polar surface area (TPSA) is 39.9 Å². The standard InChI is InChI=1S/C46H43F2N3O/c1-44(2,3)29-15-17-33-34-18-16-30(45(4,5)6)23-37(34)46(36(33)22-29,42-12-7-8-19-49-42)31-10-9-11-32(21-31)52-41-25-40(38(47)24-39(41)48)51-26-35-27-13-14-28(20-27)43(35)50-51/h7-12,15-19,21-28H,13-14,20H2,1-6H3/t27-,28+/m0/s1. The summed E-state index contributed by atoms with van der Waals surface area (Å²) in [5, 5.41) is 4.77. The van der Waals surface area contributed by atoms with Crippen LogP contribution in [0.25, 0.3) is 16.8 Å². The van der Waals surface area contributed by atoms with Gasteiger partial charge in [0, 0.05) is 30.4 Å². The molecule has 0 N–H and O–H groups in total. The van der Waals surface area contributed by atoms with Gasteiger partial charge in [-0.25, -0.2) is 13.5 Å². The van der Waals surface area contributed by atoms with Gasteiger partial charge in [-0.1, -0.05) is 96.1 Å². The highest BCUT2D eigenvalue weighted by atomic mass is 19.1. The molecule has 262 valence electrons. The maximum Gasteiger partial charge on any atom is 0.168 e. The Hall–Kier alpha value is -5.10. The molecule has 1 saturated carbocycles. The first kappa shape index (κ1) is 32.8. The fourth-order valence-electron chi connectivity index (χ4n) is 8.94. The Balaban J connectivity index is 1.21. The predicted octanol–water partition coefficient (Wildman–Crippen LogP) is 11.7. The van der Waals surface area contributed by atoms with Crippen molar-refractivity contribution in [2.45, 2.75) is 88.9 Å². The van der Waals surface area contributed by atoms with Gasteiger partial charge in [0.15, 0.2) is 17.4 Å². The second-order valence-corrected chi connectivity index (χ2v) is 17.0. The summed E-state index contributed by atoms with van der Waals surface area (Å²) in [4.78, 5) is 5.06. The summed E-state index contributed by atoms with van der Waals surface area (Å²) in [6.07, 6.45) is 7.16. The third-order valence-corrected chi connectivity index (χ3v) is 11.7. The minimum Gasteiger partial charge on any atom is -0.454 e. The van der Waals surface area contributed by atoms with E-state index in [-0.39, 0.29) is 22.3 Å². The molecule has 2 atom stereocenters. The van der Waals surface area contributed by atoms with Gasteiger partial charge in [0.05, 0.1) is 16.8 Å². The van der Waals surface area contributed by atoms with Crippen LogP contribution < -0.4 is 4.74 Å². The largest absolute Gasteiger partial charge is 0.454 e. The van der Waals surface area contributed by atoms with Crippen LogP contribution in [-0.2, 0) is 16.2 Å². The molecular formula is C46H43F2N3O. The molecular weight excluding hydrogens is 649 g/mol. The van der Waals surface area contributed by atoms with Crippen molar-refractivity contribution in [3.63, 3.8) is 0 Å². The summed E-state index contributed by atoms with van der Waals surface area (Å²) >= 11 is 0. The van der Waals surface area contributed by atoms with Crippen molar-refractivity contribution in [3.05, 3.63) is 160 Å². The van der Waals surface area contributed by atoms with Gasteiger partial charge < -0.3 is 4.74 Å². The second-order valence-electron chi connectivity index (χ2n) is 17.0. The van der Waals surface area contributed by atoms with Crippen molar-refractivity contribution in [1.29, 1.82) is 0 Å². The fraction of sp³-hybridized carbons (Fsp3) is 0.304. The highest BCUT2D eigenvalue weighted by molar-refractivity contribution is 5.86. The molecule has 0 radical (unpaired) electrons. The minimum atomic E-state index is -0.796. The van der Waals surface area contributed by atoms with Crippen molar-refractivity contribution in [1.82, 2.24) is 14.8 Å². The van der Waals surface area contributed by atoms with E-state index in [1.165, 1.54) is 22.8 Å². The molecule has 6 aromatic rings. The molecule has 0 aliphatic heterocycles. The van der Waals surface area contributed by atoms with Gasteiger partial charge in [0.1, 0.15) is 11.4 Å². The number of pyridine rings is 1. The number of fused-ring (bicyclic) bond motifs is 8. The molecule has 2 bridgehead atoms. The Morgan fingerprint density at radius 3 is 2.06 bits per heavy atom. The molecule has 4 nitrogen and oxygen atoms in total. The Labute approximate surface area is 304 Å². The summed E-state index contributed by atoms with van der Waals surface area (Å²) in [5.41, 5.74) is 10.3. The zero-order valence-electron chi connectivity index (χ0n) is 30.6. The minimum absolute atomic E-state index is 0.0590. The van der Waals surface area contributed by atoms with Crippen molar-refractivity contribution in [3.8, 4) is 28.3 Å². The molecule has 2 aromatic heterocycles. The van der Waals surface area contributed by atoms with E-state index in [1.807, 2.05) is 42.7 Å². The molecule has 0 spiro atoms. The lowest BCUT2D eigenvalue weighted by Gasteiger charge is -2.34. The third-order valence-electron chi connectivity index (χ3n) is 11.7. The molecule has 6 heteroatoms. The lowest BCUT2D eigenvalue weighted by Crippen LogP contribution is -2.30. The van der Waals surface area contributed by atoms with Gasteiger partial charge in [-0.15, -0.1) is 0 Å². The Morgan fingerprint density at radius 1 is 0.731 bits per heavy atom. The molecule has 0 amide bonds. The average molecular weight is 692 g/mol. The van der Waals surface area contributed by atoms with E-state index in [0.29, 0.717) is 17.6 Å².